The van der Waals surface area contributed by atoms with Gasteiger partial charge in [-0.05, 0) is 73.8 Å². The molecule has 0 saturated carbocycles. The largest absolute Gasteiger partial charge is 0.507 e. The van der Waals surface area contributed by atoms with Crippen LogP contribution in [0.25, 0.3) is 0 Å². The standard InChI is InChI=1S/C32H50O2/c1-20(22-18-25(31(8,9)10)28(34)26(19-22)32(11,12)13)14-15-21-16-23(29(2,3)4)27(33)24(17-21)30(5,6)7/h16-20,33-34H,14-15H2,1-13H3. The van der Waals surface area contributed by atoms with Crippen LogP contribution in [0.4, 0.5) is 0 Å². The number of aromatic hydroxyl groups is 2. The maximum Gasteiger partial charge on any atom is 0.123 e. The molecule has 2 nitrogen and oxygen atoms in total. The van der Waals surface area contributed by atoms with E-state index in [0.717, 1.165) is 35.1 Å². The van der Waals surface area contributed by atoms with Crippen LogP contribution in [0.2, 0.25) is 0 Å². The van der Waals surface area contributed by atoms with E-state index in [1.807, 2.05) is 0 Å². The van der Waals surface area contributed by atoms with Crippen LogP contribution in [0.5, 0.6) is 11.5 Å². The Kier molecular flexibility index (Phi) is 7.69. The van der Waals surface area contributed by atoms with Gasteiger partial charge in [0.2, 0.25) is 0 Å². The second kappa shape index (κ2) is 9.25. The molecule has 2 aromatic rings. The van der Waals surface area contributed by atoms with Crippen molar-refractivity contribution in [2.45, 2.75) is 130 Å². The van der Waals surface area contributed by atoms with Gasteiger partial charge in [0.1, 0.15) is 11.5 Å². The third-order valence-corrected chi connectivity index (χ3v) is 6.97. The Morgan fingerprint density at radius 2 is 0.853 bits per heavy atom. The lowest BCUT2D eigenvalue weighted by atomic mass is 9.76. The van der Waals surface area contributed by atoms with E-state index in [0.29, 0.717) is 17.4 Å². The molecule has 0 heterocycles. The third kappa shape index (κ3) is 6.37. The van der Waals surface area contributed by atoms with Crippen LogP contribution < -0.4 is 0 Å². The molecule has 0 aliphatic rings. The van der Waals surface area contributed by atoms with E-state index < -0.39 is 0 Å². The van der Waals surface area contributed by atoms with Crippen LogP contribution >= 0.6 is 0 Å². The number of phenols is 2. The highest BCUT2D eigenvalue weighted by atomic mass is 16.3. The average molecular weight is 467 g/mol. The molecule has 1 unspecified atom stereocenters. The van der Waals surface area contributed by atoms with Crippen LogP contribution in [0.1, 0.15) is 136 Å². The second-order valence-corrected chi connectivity index (χ2v) is 14.4. The highest BCUT2D eigenvalue weighted by molar-refractivity contribution is 5.51. The van der Waals surface area contributed by atoms with Crippen LogP contribution in [0.15, 0.2) is 24.3 Å². The first-order chi connectivity index (χ1) is 15.1. The number of phenolic OH excluding ortho intramolecular Hbond substituents is 2. The van der Waals surface area contributed by atoms with Crippen molar-refractivity contribution in [1.29, 1.82) is 0 Å². The monoisotopic (exact) mass is 466 g/mol. The normalized spacial score (nSPS) is 14.4. The molecule has 0 amide bonds. The zero-order valence-corrected chi connectivity index (χ0v) is 24.2. The molecule has 1 atom stereocenters. The second-order valence-electron chi connectivity index (χ2n) is 14.4. The fraction of sp³-hybridized carbons (Fsp3) is 0.625. The summed E-state index contributed by atoms with van der Waals surface area (Å²) in [5, 5.41) is 22.1. The van der Waals surface area contributed by atoms with Crippen molar-refractivity contribution in [2.75, 3.05) is 0 Å². The first-order valence-electron chi connectivity index (χ1n) is 12.9. The summed E-state index contributed by atoms with van der Waals surface area (Å²) in [5.74, 6) is 1.24. The molecule has 0 aromatic heterocycles. The summed E-state index contributed by atoms with van der Waals surface area (Å²) >= 11 is 0. The van der Waals surface area contributed by atoms with Crippen molar-refractivity contribution >= 4 is 0 Å². The van der Waals surface area contributed by atoms with Gasteiger partial charge in [-0.3, -0.25) is 0 Å². The van der Waals surface area contributed by atoms with E-state index in [4.69, 9.17) is 0 Å². The lowest BCUT2D eigenvalue weighted by molar-refractivity contribution is 0.422. The zero-order chi connectivity index (χ0) is 26.4. The van der Waals surface area contributed by atoms with Gasteiger partial charge in [0, 0.05) is 0 Å². The maximum atomic E-state index is 11.1. The number of aryl methyl sites for hydroxylation is 1. The Labute approximate surface area is 209 Å². The van der Waals surface area contributed by atoms with Crippen molar-refractivity contribution in [1.82, 2.24) is 0 Å². The van der Waals surface area contributed by atoms with E-state index in [-0.39, 0.29) is 21.7 Å². The molecular weight excluding hydrogens is 416 g/mol. The fourth-order valence-electron chi connectivity index (χ4n) is 4.62. The first kappa shape index (κ1) is 28.3. The van der Waals surface area contributed by atoms with E-state index in [2.05, 4.69) is 114 Å². The molecule has 2 aromatic carbocycles. The predicted octanol–water partition coefficient (Wildman–Crippen LogP) is 9.02. The van der Waals surface area contributed by atoms with Gasteiger partial charge in [-0.25, -0.2) is 0 Å². The third-order valence-electron chi connectivity index (χ3n) is 6.97. The summed E-state index contributed by atoms with van der Waals surface area (Å²) in [6, 6.07) is 8.84. The molecular formula is C32H50O2. The Bertz CT molecular complexity index is 945. The quantitative estimate of drug-likeness (QED) is 0.472. The number of hydrogen-bond acceptors (Lipinski definition) is 2. The minimum absolute atomic E-state index is 0.119. The molecule has 0 fully saturated rings. The molecule has 0 aliphatic carbocycles. The highest BCUT2D eigenvalue weighted by Gasteiger charge is 2.29. The topological polar surface area (TPSA) is 40.5 Å². The summed E-state index contributed by atoms with van der Waals surface area (Å²) in [6.07, 6.45) is 1.96. The molecule has 190 valence electrons. The molecule has 2 rings (SSSR count). The van der Waals surface area contributed by atoms with E-state index >= 15 is 0 Å². The van der Waals surface area contributed by atoms with Gasteiger partial charge in [-0.1, -0.05) is 114 Å². The molecule has 0 saturated heterocycles. The number of benzene rings is 2. The highest BCUT2D eigenvalue weighted by Crippen LogP contribution is 2.43. The van der Waals surface area contributed by atoms with E-state index in [9.17, 15) is 10.2 Å². The predicted molar refractivity (Wildman–Crippen MR) is 148 cm³/mol. The van der Waals surface area contributed by atoms with Crippen molar-refractivity contribution in [3.8, 4) is 11.5 Å². The lowest BCUT2D eigenvalue weighted by Gasteiger charge is -2.30. The van der Waals surface area contributed by atoms with E-state index in [1.54, 1.807) is 0 Å². The van der Waals surface area contributed by atoms with Crippen LogP contribution in [-0.2, 0) is 28.1 Å². The molecule has 0 spiro atoms. The van der Waals surface area contributed by atoms with Crippen molar-refractivity contribution < 1.29 is 10.2 Å². The minimum Gasteiger partial charge on any atom is -0.507 e. The Hall–Kier alpha value is -1.96. The Morgan fingerprint density at radius 3 is 1.15 bits per heavy atom. The number of rotatable bonds is 4. The van der Waals surface area contributed by atoms with Crippen molar-refractivity contribution in [3.05, 3.63) is 57.6 Å². The summed E-state index contributed by atoms with van der Waals surface area (Å²) in [4.78, 5) is 0. The Morgan fingerprint density at radius 1 is 0.559 bits per heavy atom. The SMILES string of the molecule is CC(CCc1cc(C(C)(C)C)c(O)c(C(C)(C)C)c1)c1cc(C(C)(C)C)c(O)c(C(C)(C)C)c1. The van der Waals surface area contributed by atoms with Gasteiger partial charge in [0.05, 0.1) is 0 Å². The summed E-state index contributed by atoms with van der Waals surface area (Å²) in [5.41, 5.74) is 6.18. The Balaban J connectivity index is 2.48. The van der Waals surface area contributed by atoms with Gasteiger partial charge in [-0.2, -0.15) is 0 Å². The smallest absolute Gasteiger partial charge is 0.123 e. The molecule has 0 aliphatic heterocycles. The van der Waals surface area contributed by atoms with Crippen molar-refractivity contribution in [2.24, 2.45) is 0 Å². The lowest BCUT2D eigenvalue weighted by Crippen LogP contribution is -2.18. The van der Waals surface area contributed by atoms with Gasteiger partial charge < -0.3 is 10.2 Å². The van der Waals surface area contributed by atoms with Gasteiger partial charge in [-0.15, -0.1) is 0 Å². The van der Waals surface area contributed by atoms with Crippen LogP contribution in [0.3, 0.4) is 0 Å². The molecule has 2 heteroatoms. The zero-order valence-electron chi connectivity index (χ0n) is 24.2. The van der Waals surface area contributed by atoms with Crippen LogP contribution in [-0.4, -0.2) is 10.2 Å². The summed E-state index contributed by atoms with van der Waals surface area (Å²) < 4.78 is 0. The van der Waals surface area contributed by atoms with Crippen LogP contribution in [0, 0.1) is 0 Å². The first-order valence-corrected chi connectivity index (χ1v) is 12.9. The maximum absolute atomic E-state index is 11.1. The molecule has 0 radical (unpaired) electrons. The van der Waals surface area contributed by atoms with Crippen molar-refractivity contribution in [3.63, 3.8) is 0 Å². The van der Waals surface area contributed by atoms with E-state index in [1.165, 1.54) is 11.1 Å². The average Bonchev–Trinajstić information content (AvgIpc) is 2.63. The van der Waals surface area contributed by atoms with Gasteiger partial charge in [0.25, 0.3) is 0 Å². The van der Waals surface area contributed by atoms with Gasteiger partial charge in [0.15, 0.2) is 0 Å². The minimum atomic E-state index is -0.125. The summed E-state index contributed by atoms with van der Waals surface area (Å²) in [7, 11) is 0. The number of hydrogen-bond donors (Lipinski definition) is 2. The fourth-order valence-corrected chi connectivity index (χ4v) is 4.62. The molecule has 34 heavy (non-hydrogen) atoms. The van der Waals surface area contributed by atoms with Gasteiger partial charge >= 0.3 is 0 Å². The molecule has 2 N–H and O–H groups in total. The summed E-state index contributed by atoms with van der Waals surface area (Å²) in [6.45, 7) is 28.3. The molecule has 0 bridgehead atoms.